The molecule has 1 fully saturated rings. The number of nitrogen functional groups attached to an aromatic ring is 1. The van der Waals surface area contributed by atoms with Gasteiger partial charge in [0.15, 0.2) is 5.65 Å². The van der Waals surface area contributed by atoms with Gasteiger partial charge in [-0.05, 0) is 25.0 Å². The van der Waals surface area contributed by atoms with Crippen LogP contribution in [0.1, 0.15) is 43.7 Å². The van der Waals surface area contributed by atoms with Crippen molar-refractivity contribution in [2.45, 2.75) is 38.0 Å². The molecule has 84 valence electrons. The summed E-state index contributed by atoms with van der Waals surface area (Å²) in [6, 6.07) is 3.72. The Balaban J connectivity index is 1.97. The second-order valence-corrected chi connectivity index (χ2v) is 4.56. The van der Waals surface area contributed by atoms with Crippen LogP contribution in [0.5, 0.6) is 0 Å². The Kier molecular flexibility index (Phi) is 2.27. The van der Waals surface area contributed by atoms with E-state index in [1.54, 1.807) is 10.6 Å². The molecular weight excluding hydrogens is 200 g/mol. The maximum absolute atomic E-state index is 5.65. The summed E-state index contributed by atoms with van der Waals surface area (Å²) in [5.41, 5.74) is 7.73. The summed E-state index contributed by atoms with van der Waals surface area (Å²) in [6.07, 6.45) is 8.58. The summed E-state index contributed by atoms with van der Waals surface area (Å²) >= 11 is 0. The Bertz CT molecular complexity index is 497. The predicted octanol–water partition coefficient (Wildman–Crippen LogP) is 2.36. The Morgan fingerprint density at radius 2 is 2.00 bits per heavy atom. The molecule has 3 rings (SSSR count). The molecule has 16 heavy (non-hydrogen) atoms. The molecule has 2 heterocycles. The van der Waals surface area contributed by atoms with Crippen LogP contribution >= 0.6 is 0 Å². The zero-order chi connectivity index (χ0) is 11.0. The molecule has 1 saturated carbocycles. The van der Waals surface area contributed by atoms with E-state index in [0.29, 0.717) is 11.7 Å². The molecule has 1 aliphatic rings. The van der Waals surface area contributed by atoms with Crippen LogP contribution in [0.2, 0.25) is 0 Å². The maximum Gasteiger partial charge on any atom is 0.153 e. The van der Waals surface area contributed by atoms with Gasteiger partial charge in [-0.3, -0.25) is 0 Å². The van der Waals surface area contributed by atoms with Crippen molar-refractivity contribution in [3.8, 4) is 0 Å². The summed E-state index contributed by atoms with van der Waals surface area (Å²) in [5.74, 6) is 1.16. The van der Waals surface area contributed by atoms with Crippen molar-refractivity contribution >= 4 is 11.5 Å². The highest BCUT2D eigenvalue weighted by Gasteiger charge is 2.18. The lowest BCUT2D eigenvalue weighted by Gasteiger charge is -2.19. The van der Waals surface area contributed by atoms with E-state index >= 15 is 0 Å². The van der Waals surface area contributed by atoms with Gasteiger partial charge in [0, 0.05) is 5.92 Å². The average molecular weight is 216 g/mol. The lowest BCUT2D eigenvalue weighted by molar-refractivity contribution is 0.438. The molecule has 4 heteroatoms. The standard InChI is InChI=1S/C12H16N4/c13-11-6-7-12-14-10(8-16(12)15-11)9-4-2-1-3-5-9/h6-9H,1-5H2,(H2,13,15). The van der Waals surface area contributed by atoms with Crippen molar-refractivity contribution < 1.29 is 0 Å². The predicted molar refractivity (Wildman–Crippen MR) is 63.2 cm³/mol. The van der Waals surface area contributed by atoms with Crippen LogP contribution in [-0.4, -0.2) is 14.6 Å². The number of rotatable bonds is 1. The molecule has 2 N–H and O–H groups in total. The molecule has 0 spiro atoms. The molecular formula is C12H16N4. The van der Waals surface area contributed by atoms with Gasteiger partial charge < -0.3 is 5.73 Å². The number of hydrogen-bond acceptors (Lipinski definition) is 3. The van der Waals surface area contributed by atoms with E-state index in [-0.39, 0.29) is 0 Å². The molecule has 1 aliphatic carbocycles. The van der Waals surface area contributed by atoms with Gasteiger partial charge in [-0.1, -0.05) is 19.3 Å². The van der Waals surface area contributed by atoms with Gasteiger partial charge in [-0.2, -0.15) is 0 Å². The normalized spacial score (nSPS) is 18.0. The lowest BCUT2D eigenvalue weighted by atomic mass is 9.87. The monoisotopic (exact) mass is 216 g/mol. The number of hydrogen-bond donors (Lipinski definition) is 1. The lowest BCUT2D eigenvalue weighted by Crippen LogP contribution is -2.04. The van der Waals surface area contributed by atoms with Crippen molar-refractivity contribution in [1.82, 2.24) is 14.6 Å². The molecule has 2 aromatic heterocycles. The van der Waals surface area contributed by atoms with Crippen molar-refractivity contribution in [3.63, 3.8) is 0 Å². The number of nitrogens with two attached hydrogens (primary N) is 1. The minimum absolute atomic E-state index is 0.542. The molecule has 0 aliphatic heterocycles. The topological polar surface area (TPSA) is 56.2 Å². The SMILES string of the molecule is Nc1ccc2nc(C3CCCCC3)cn2n1. The fourth-order valence-corrected chi connectivity index (χ4v) is 2.51. The smallest absolute Gasteiger partial charge is 0.153 e. The van der Waals surface area contributed by atoms with E-state index in [1.165, 1.54) is 37.8 Å². The number of anilines is 1. The third-order valence-corrected chi connectivity index (χ3v) is 3.38. The van der Waals surface area contributed by atoms with Crippen LogP contribution in [0.15, 0.2) is 18.3 Å². The van der Waals surface area contributed by atoms with E-state index in [4.69, 9.17) is 5.73 Å². The summed E-state index contributed by atoms with van der Waals surface area (Å²) in [7, 11) is 0. The quantitative estimate of drug-likeness (QED) is 0.796. The fraction of sp³-hybridized carbons (Fsp3) is 0.500. The van der Waals surface area contributed by atoms with Crippen molar-refractivity contribution in [1.29, 1.82) is 0 Å². The van der Waals surface area contributed by atoms with E-state index < -0.39 is 0 Å². The van der Waals surface area contributed by atoms with Gasteiger partial charge in [0.1, 0.15) is 5.82 Å². The highest BCUT2D eigenvalue weighted by atomic mass is 15.3. The number of imidazole rings is 1. The van der Waals surface area contributed by atoms with Crippen LogP contribution < -0.4 is 5.73 Å². The highest BCUT2D eigenvalue weighted by Crippen LogP contribution is 2.31. The maximum atomic E-state index is 5.65. The molecule has 2 aromatic rings. The molecule has 0 atom stereocenters. The minimum Gasteiger partial charge on any atom is -0.382 e. The van der Waals surface area contributed by atoms with Crippen LogP contribution in [0.4, 0.5) is 5.82 Å². The van der Waals surface area contributed by atoms with Gasteiger partial charge in [-0.15, -0.1) is 5.10 Å². The van der Waals surface area contributed by atoms with Crippen LogP contribution in [-0.2, 0) is 0 Å². The Labute approximate surface area is 94.5 Å². The van der Waals surface area contributed by atoms with E-state index in [1.807, 2.05) is 12.3 Å². The minimum atomic E-state index is 0.542. The number of nitrogens with zero attached hydrogens (tertiary/aromatic N) is 3. The first-order valence-corrected chi connectivity index (χ1v) is 5.95. The molecule has 4 nitrogen and oxygen atoms in total. The Morgan fingerprint density at radius 3 is 2.81 bits per heavy atom. The first-order valence-electron chi connectivity index (χ1n) is 5.95. The van der Waals surface area contributed by atoms with Gasteiger partial charge in [-0.25, -0.2) is 9.50 Å². The van der Waals surface area contributed by atoms with Gasteiger partial charge >= 0.3 is 0 Å². The third kappa shape index (κ3) is 1.64. The van der Waals surface area contributed by atoms with Crippen LogP contribution in [0.3, 0.4) is 0 Å². The number of fused-ring (bicyclic) bond motifs is 1. The zero-order valence-corrected chi connectivity index (χ0v) is 9.26. The number of aromatic nitrogens is 3. The van der Waals surface area contributed by atoms with Gasteiger partial charge in [0.25, 0.3) is 0 Å². The fourth-order valence-electron chi connectivity index (χ4n) is 2.51. The van der Waals surface area contributed by atoms with Crippen molar-refractivity contribution in [3.05, 3.63) is 24.0 Å². The second-order valence-electron chi connectivity index (χ2n) is 4.56. The third-order valence-electron chi connectivity index (χ3n) is 3.38. The van der Waals surface area contributed by atoms with Crippen LogP contribution in [0, 0.1) is 0 Å². The Hall–Kier alpha value is -1.58. The largest absolute Gasteiger partial charge is 0.382 e. The molecule has 0 radical (unpaired) electrons. The van der Waals surface area contributed by atoms with Crippen molar-refractivity contribution in [2.24, 2.45) is 0 Å². The van der Waals surface area contributed by atoms with Gasteiger partial charge in [0.05, 0.1) is 11.9 Å². The van der Waals surface area contributed by atoms with Crippen LogP contribution in [0.25, 0.3) is 5.65 Å². The molecule has 0 aromatic carbocycles. The van der Waals surface area contributed by atoms with E-state index in [0.717, 1.165) is 5.65 Å². The van der Waals surface area contributed by atoms with E-state index in [2.05, 4.69) is 10.1 Å². The molecule has 0 amide bonds. The summed E-state index contributed by atoms with van der Waals surface area (Å²) in [6.45, 7) is 0. The summed E-state index contributed by atoms with van der Waals surface area (Å²) in [5, 5.41) is 4.22. The molecule has 0 saturated heterocycles. The van der Waals surface area contributed by atoms with E-state index in [9.17, 15) is 0 Å². The zero-order valence-electron chi connectivity index (χ0n) is 9.26. The molecule has 0 bridgehead atoms. The van der Waals surface area contributed by atoms with Gasteiger partial charge in [0.2, 0.25) is 0 Å². The second kappa shape index (κ2) is 3.77. The molecule has 0 unspecified atom stereocenters. The van der Waals surface area contributed by atoms with Crippen molar-refractivity contribution in [2.75, 3.05) is 5.73 Å². The highest BCUT2D eigenvalue weighted by molar-refractivity contribution is 5.43. The summed E-state index contributed by atoms with van der Waals surface area (Å²) < 4.78 is 1.79. The Morgan fingerprint density at radius 1 is 1.19 bits per heavy atom. The first-order chi connectivity index (χ1) is 7.83. The first kappa shape index (κ1) is 9.63. The summed E-state index contributed by atoms with van der Waals surface area (Å²) in [4.78, 5) is 4.62. The average Bonchev–Trinajstić information content (AvgIpc) is 2.73.